The fourth-order valence-electron chi connectivity index (χ4n) is 1.40. The highest BCUT2D eigenvalue weighted by Crippen LogP contribution is 2.29. The fourth-order valence-corrected chi connectivity index (χ4v) is 1.98. The highest BCUT2D eigenvalue weighted by Gasteiger charge is 2.12. The van der Waals surface area contributed by atoms with Gasteiger partial charge in [-0.1, -0.05) is 28.1 Å². The molecule has 1 aromatic rings. The maximum atomic E-state index is 3.53. The average Bonchev–Trinajstić information content (AvgIpc) is 2.36. The molecular formula is C9H8Br. The Bertz CT molecular complexity index is 253. The number of halogens is 1. The lowest BCUT2D eigenvalue weighted by atomic mass is 10.1. The van der Waals surface area contributed by atoms with Crippen LogP contribution in [-0.2, 0) is 6.42 Å². The SMILES string of the molecule is Brc1cccc2c1CC[CH]2. The molecule has 1 aromatic carbocycles. The molecule has 0 spiro atoms. The zero-order valence-electron chi connectivity index (χ0n) is 5.60. The van der Waals surface area contributed by atoms with Crippen molar-refractivity contribution >= 4 is 15.9 Å². The van der Waals surface area contributed by atoms with Gasteiger partial charge in [-0.15, -0.1) is 0 Å². The van der Waals surface area contributed by atoms with Crippen LogP contribution in [0.1, 0.15) is 17.5 Å². The van der Waals surface area contributed by atoms with Crippen molar-refractivity contribution in [3.8, 4) is 0 Å². The Balaban J connectivity index is 2.59. The van der Waals surface area contributed by atoms with Gasteiger partial charge in [0.05, 0.1) is 0 Å². The van der Waals surface area contributed by atoms with Crippen molar-refractivity contribution in [2.75, 3.05) is 0 Å². The average molecular weight is 196 g/mol. The second-order valence-electron chi connectivity index (χ2n) is 2.55. The molecule has 0 unspecified atom stereocenters. The lowest BCUT2D eigenvalue weighted by molar-refractivity contribution is 1.03. The molecule has 1 aliphatic rings. The first-order valence-electron chi connectivity index (χ1n) is 3.48. The standard InChI is InChI=1S/C9H8Br/c10-9-6-2-4-7-3-1-5-8(7)9/h2-4,6H,1,5H2. The second kappa shape index (κ2) is 2.39. The number of hydrogen-bond donors (Lipinski definition) is 0. The van der Waals surface area contributed by atoms with E-state index in [2.05, 4.69) is 40.5 Å². The Morgan fingerprint density at radius 1 is 1.30 bits per heavy atom. The third-order valence-corrected chi connectivity index (χ3v) is 2.66. The number of benzene rings is 1. The maximum Gasteiger partial charge on any atom is 0.0210 e. The van der Waals surface area contributed by atoms with E-state index in [1.807, 2.05) is 0 Å². The van der Waals surface area contributed by atoms with Crippen molar-refractivity contribution in [1.29, 1.82) is 0 Å². The molecule has 10 heavy (non-hydrogen) atoms. The molecule has 1 radical (unpaired) electrons. The Hall–Kier alpha value is -0.300. The first kappa shape index (κ1) is 6.41. The highest BCUT2D eigenvalue weighted by molar-refractivity contribution is 9.10. The van der Waals surface area contributed by atoms with Gasteiger partial charge in [0.15, 0.2) is 0 Å². The summed E-state index contributed by atoms with van der Waals surface area (Å²) in [6.45, 7) is 0. The molecule has 2 rings (SSSR count). The molecule has 51 valence electrons. The highest BCUT2D eigenvalue weighted by atomic mass is 79.9. The number of rotatable bonds is 0. The Kier molecular flexibility index (Phi) is 1.53. The molecule has 0 fully saturated rings. The molecule has 0 bridgehead atoms. The summed E-state index contributed by atoms with van der Waals surface area (Å²) in [6, 6.07) is 6.37. The summed E-state index contributed by atoms with van der Waals surface area (Å²) in [6.07, 6.45) is 4.70. The summed E-state index contributed by atoms with van der Waals surface area (Å²) in [7, 11) is 0. The van der Waals surface area contributed by atoms with Gasteiger partial charge < -0.3 is 0 Å². The smallest absolute Gasteiger partial charge is 0.0210 e. The van der Waals surface area contributed by atoms with Crippen LogP contribution in [0.25, 0.3) is 0 Å². The minimum absolute atomic E-state index is 1.21. The predicted octanol–water partition coefficient (Wildman–Crippen LogP) is 2.95. The van der Waals surface area contributed by atoms with Crippen LogP contribution in [0, 0.1) is 6.42 Å². The third kappa shape index (κ3) is 0.891. The minimum atomic E-state index is 1.21. The lowest BCUT2D eigenvalue weighted by Crippen LogP contribution is -1.80. The van der Waals surface area contributed by atoms with E-state index in [-0.39, 0.29) is 0 Å². The summed E-state index contributed by atoms with van der Waals surface area (Å²) < 4.78 is 1.26. The first-order chi connectivity index (χ1) is 4.88. The zero-order valence-corrected chi connectivity index (χ0v) is 7.19. The van der Waals surface area contributed by atoms with Crippen molar-refractivity contribution in [2.45, 2.75) is 12.8 Å². The van der Waals surface area contributed by atoms with E-state index in [9.17, 15) is 0 Å². The Labute approximate surface area is 69.4 Å². The molecular weight excluding hydrogens is 188 g/mol. The Morgan fingerprint density at radius 3 is 3.00 bits per heavy atom. The summed E-state index contributed by atoms with van der Waals surface area (Å²) in [5.41, 5.74) is 2.89. The topological polar surface area (TPSA) is 0 Å². The first-order valence-corrected chi connectivity index (χ1v) is 4.28. The zero-order chi connectivity index (χ0) is 6.97. The van der Waals surface area contributed by atoms with Crippen molar-refractivity contribution in [2.24, 2.45) is 0 Å². The van der Waals surface area contributed by atoms with E-state index in [1.54, 1.807) is 0 Å². The van der Waals surface area contributed by atoms with Gasteiger partial charge in [-0.3, -0.25) is 0 Å². The lowest BCUT2D eigenvalue weighted by Gasteiger charge is -1.98. The van der Waals surface area contributed by atoms with Crippen LogP contribution in [-0.4, -0.2) is 0 Å². The van der Waals surface area contributed by atoms with Crippen molar-refractivity contribution in [1.82, 2.24) is 0 Å². The quantitative estimate of drug-likeness (QED) is 0.598. The van der Waals surface area contributed by atoms with Crippen LogP contribution in [0.5, 0.6) is 0 Å². The summed E-state index contributed by atoms with van der Waals surface area (Å²) in [4.78, 5) is 0. The van der Waals surface area contributed by atoms with Crippen LogP contribution in [0.3, 0.4) is 0 Å². The fraction of sp³-hybridized carbons (Fsp3) is 0.222. The monoisotopic (exact) mass is 195 g/mol. The van der Waals surface area contributed by atoms with Gasteiger partial charge in [0, 0.05) is 4.47 Å². The molecule has 0 N–H and O–H groups in total. The van der Waals surface area contributed by atoms with Crippen LogP contribution in [0.4, 0.5) is 0 Å². The number of fused-ring (bicyclic) bond motifs is 1. The van der Waals surface area contributed by atoms with Crippen LogP contribution < -0.4 is 0 Å². The molecule has 0 saturated carbocycles. The molecule has 0 amide bonds. The number of hydrogen-bond acceptors (Lipinski definition) is 0. The van der Waals surface area contributed by atoms with E-state index < -0.39 is 0 Å². The molecule has 0 saturated heterocycles. The van der Waals surface area contributed by atoms with Gasteiger partial charge in [0.2, 0.25) is 0 Å². The van der Waals surface area contributed by atoms with Gasteiger partial charge in [0.25, 0.3) is 0 Å². The van der Waals surface area contributed by atoms with Gasteiger partial charge in [-0.25, -0.2) is 0 Å². The summed E-state index contributed by atoms with van der Waals surface area (Å²) in [5.74, 6) is 0. The van der Waals surface area contributed by atoms with Crippen LogP contribution in [0.15, 0.2) is 22.7 Å². The largest absolute Gasteiger partial charge is 0.0608 e. The molecule has 0 aliphatic heterocycles. The van der Waals surface area contributed by atoms with Gasteiger partial charge >= 0.3 is 0 Å². The van der Waals surface area contributed by atoms with E-state index in [0.717, 1.165) is 0 Å². The summed E-state index contributed by atoms with van der Waals surface area (Å²) >= 11 is 3.53. The van der Waals surface area contributed by atoms with E-state index in [4.69, 9.17) is 0 Å². The molecule has 1 heteroatoms. The predicted molar refractivity (Wildman–Crippen MR) is 45.9 cm³/mol. The van der Waals surface area contributed by atoms with Gasteiger partial charge in [-0.2, -0.15) is 0 Å². The second-order valence-corrected chi connectivity index (χ2v) is 3.40. The third-order valence-electron chi connectivity index (χ3n) is 1.91. The Morgan fingerprint density at radius 2 is 2.20 bits per heavy atom. The molecule has 0 atom stereocenters. The van der Waals surface area contributed by atoms with Crippen molar-refractivity contribution in [3.05, 3.63) is 40.2 Å². The van der Waals surface area contributed by atoms with Crippen LogP contribution in [0.2, 0.25) is 0 Å². The van der Waals surface area contributed by atoms with E-state index in [1.165, 1.54) is 28.4 Å². The molecule has 1 aliphatic carbocycles. The normalized spacial score (nSPS) is 15.3. The minimum Gasteiger partial charge on any atom is -0.0608 e. The van der Waals surface area contributed by atoms with Gasteiger partial charge in [-0.05, 0) is 36.5 Å². The van der Waals surface area contributed by atoms with Crippen molar-refractivity contribution < 1.29 is 0 Å². The van der Waals surface area contributed by atoms with E-state index in [0.29, 0.717) is 0 Å². The summed E-state index contributed by atoms with van der Waals surface area (Å²) in [5, 5.41) is 0. The molecule has 0 heterocycles. The van der Waals surface area contributed by atoms with E-state index >= 15 is 0 Å². The van der Waals surface area contributed by atoms with Crippen LogP contribution >= 0.6 is 15.9 Å². The molecule has 0 nitrogen and oxygen atoms in total. The maximum absolute atomic E-state index is 3.53. The molecule has 0 aromatic heterocycles. The van der Waals surface area contributed by atoms with Crippen molar-refractivity contribution in [3.63, 3.8) is 0 Å². The van der Waals surface area contributed by atoms with Gasteiger partial charge in [0.1, 0.15) is 0 Å².